The zero-order valence-electron chi connectivity index (χ0n) is 10.2. The van der Waals surface area contributed by atoms with Crippen LogP contribution in [0.4, 0.5) is 0 Å². The van der Waals surface area contributed by atoms with Gasteiger partial charge in [-0.25, -0.2) is 9.97 Å². The first-order valence-corrected chi connectivity index (χ1v) is 6.83. The summed E-state index contributed by atoms with van der Waals surface area (Å²) in [6.07, 6.45) is 0.773. The number of aliphatic hydroxyl groups excluding tert-OH is 2. The predicted octanol–water partition coefficient (Wildman–Crippen LogP) is 2.18. The van der Waals surface area contributed by atoms with Crippen LogP contribution in [0.5, 0.6) is 0 Å². The fourth-order valence-corrected chi connectivity index (χ4v) is 2.35. The Labute approximate surface area is 110 Å². The molecule has 2 heterocycles. The number of hydrogen-bond acceptors (Lipinski definition) is 5. The molecular formula is C13H16N2O2S. The average Bonchev–Trinajstić information content (AvgIpc) is 2.91. The first-order valence-electron chi connectivity index (χ1n) is 5.95. The molecule has 0 aliphatic heterocycles. The van der Waals surface area contributed by atoms with E-state index in [4.69, 9.17) is 5.11 Å². The first-order chi connectivity index (χ1) is 8.74. The van der Waals surface area contributed by atoms with Crippen LogP contribution in [0.3, 0.4) is 0 Å². The predicted molar refractivity (Wildman–Crippen MR) is 71.4 cm³/mol. The van der Waals surface area contributed by atoms with Crippen LogP contribution in [0.15, 0.2) is 23.6 Å². The molecule has 0 saturated carbocycles. The summed E-state index contributed by atoms with van der Waals surface area (Å²) in [7, 11) is 0. The van der Waals surface area contributed by atoms with E-state index in [2.05, 4.69) is 16.9 Å². The smallest absolute Gasteiger partial charge is 0.129 e. The second-order valence-electron chi connectivity index (χ2n) is 4.02. The van der Waals surface area contributed by atoms with Crippen molar-refractivity contribution >= 4 is 11.3 Å². The summed E-state index contributed by atoms with van der Waals surface area (Å²) in [6, 6.07) is 5.69. The molecule has 0 aliphatic rings. The summed E-state index contributed by atoms with van der Waals surface area (Å²) in [6.45, 7) is 1.73. The van der Waals surface area contributed by atoms with Crippen molar-refractivity contribution in [3.8, 4) is 10.6 Å². The average molecular weight is 264 g/mol. The minimum Gasteiger partial charge on any atom is -0.393 e. The highest BCUT2D eigenvalue weighted by Gasteiger charge is 2.13. The van der Waals surface area contributed by atoms with Gasteiger partial charge >= 0.3 is 0 Å². The number of rotatable bonds is 5. The molecule has 2 N–H and O–H groups in total. The Hall–Kier alpha value is -1.30. The van der Waals surface area contributed by atoms with E-state index >= 15 is 0 Å². The molecule has 2 aromatic heterocycles. The second-order valence-corrected chi connectivity index (χ2v) is 4.97. The van der Waals surface area contributed by atoms with Crippen LogP contribution in [0.25, 0.3) is 10.6 Å². The van der Waals surface area contributed by atoms with Crippen LogP contribution in [-0.2, 0) is 6.42 Å². The molecule has 0 fully saturated rings. The van der Waals surface area contributed by atoms with Crippen LogP contribution >= 0.6 is 11.3 Å². The third kappa shape index (κ3) is 2.93. The van der Waals surface area contributed by atoms with Gasteiger partial charge in [0.05, 0.1) is 22.9 Å². The summed E-state index contributed by atoms with van der Waals surface area (Å²) in [5.41, 5.74) is 1.30. The Morgan fingerprint density at radius 3 is 2.83 bits per heavy atom. The fourth-order valence-electron chi connectivity index (χ4n) is 1.67. The van der Waals surface area contributed by atoms with Gasteiger partial charge in [-0.15, -0.1) is 11.3 Å². The molecule has 1 unspecified atom stereocenters. The van der Waals surface area contributed by atoms with E-state index in [0.29, 0.717) is 11.5 Å². The van der Waals surface area contributed by atoms with Crippen molar-refractivity contribution in [3.63, 3.8) is 0 Å². The van der Waals surface area contributed by atoms with Crippen molar-refractivity contribution in [3.05, 3.63) is 35.1 Å². The molecule has 0 aliphatic carbocycles. The number of aryl methyl sites for hydroxylation is 1. The number of nitrogens with zero attached hydrogens (tertiary/aromatic N) is 2. The summed E-state index contributed by atoms with van der Waals surface area (Å²) in [5.74, 6) is 0.714. The SMILES string of the molecule is CCCc1nc(-c2cccs2)cc(C(O)CO)n1. The van der Waals surface area contributed by atoms with Crippen LogP contribution < -0.4 is 0 Å². The second kappa shape index (κ2) is 6.04. The topological polar surface area (TPSA) is 66.2 Å². The number of thiophene rings is 1. The van der Waals surface area contributed by atoms with E-state index < -0.39 is 6.10 Å². The number of aliphatic hydroxyl groups is 2. The van der Waals surface area contributed by atoms with E-state index in [1.807, 2.05) is 17.5 Å². The van der Waals surface area contributed by atoms with Gasteiger partial charge in [-0.1, -0.05) is 13.0 Å². The molecule has 18 heavy (non-hydrogen) atoms. The summed E-state index contributed by atoms with van der Waals surface area (Å²) in [4.78, 5) is 9.82. The van der Waals surface area contributed by atoms with Gasteiger partial charge in [-0.05, 0) is 23.9 Å². The Kier molecular flexibility index (Phi) is 4.41. The van der Waals surface area contributed by atoms with Gasteiger partial charge in [0.2, 0.25) is 0 Å². The van der Waals surface area contributed by atoms with Crippen molar-refractivity contribution in [2.45, 2.75) is 25.9 Å². The van der Waals surface area contributed by atoms with Gasteiger partial charge < -0.3 is 10.2 Å². The normalized spacial score (nSPS) is 12.6. The highest BCUT2D eigenvalue weighted by Crippen LogP contribution is 2.25. The van der Waals surface area contributed by atoms with Crippen LogP contribution in [-0.4, -0.2) is 26.8 Å². The molecule has 0 saturated heterocycles. The zero-order valence-corrected chi connectivity index (χ0v) is 11.0. The van der Waals surface area contributed by atoms with Gasteiger partial charge in [-0.3, -0.25) is 0 Å². The first kappa shape index (κ1) is 13.1. The third-order valence-electron chi connectivity index (χ3n) is 2.55. The van der Waals surface area contributed by atoms with Gasteiger partial charge in [0, 0.05) is 6.42 Å². The largest absolute Gasteiger partial charge is 0.393 e. The maximum atomic E-state index is 9.71. The third-order valence-corrected chi connectivity index (χ3v) is 3.45. The fraction of sp³-hybridized carbons (Fsp3) is 0.385. The van der Waals surface area contributed by atoms with Crippen molar-refractivity contribution < 1.29 is 10.2 Å². The van der Waals surface area contributed by atoms with Gasteiger partial charge in [0.25, 0.3) is 0 Å². The van der Waals surface area contributed by atoms with Gasteiger partial charge in [0.15, 0.2) is 0 Å². The van der Waals surface area contributed by atoms with E-state index in [0.717, 1.165) is 23.4 Å². The number of hydrogen-bond donors (Lipinski definition) is 2. The van der Waals surface area contributed by atoms with Crippen molar-refractivity contribution in [1.82, 2.24) is 9.97 Å². The highest BCUT2D eigenvalue weighted by molar-refractivity contribution is 7.13. The standard InChI is InChI=1S/C13H16N2O2S/c1-2-4-13-14-9(11(17)8-16)7-10(15-13)12-5-3-6-18-12/h3,5-7,11,16-17H,2,4,8H2,1H3. The van der Waals surface area contributed by atoms with Crippen molar-refractivity contribution in [2.24, 2.45) is 0 Å². The lowest BCUT2D eigenvalue weighted by Crippen LogP contribution is -2.08. The summed E-state index contributed by atoms with van der Waals surface area (Å²) in [5, 5.41) is 20.7. The molecule has 4 nitrogen and oxygen atoms in total. The van der Waals surface area contributed by atoms with E-state index in [-0.39, 0.29) is 6.61 Å². The molecule has 5 heteroatoms. The monoisotopic (exact) mass is 264 g/mol. The Morgan fingerprint density at radius 2 is 2.22 bits per heavy atom. The minimum absolute atomic E-state index is 0.327. The highest BCUT2D eigenvalue weighted by atomic mass is 32.1. The maximum Gasteiger partial charge on any atom is 0.129 e. The van der Waals surface area contributed by atoms with E-state index in [1.165, 1.54) is 0 Å². The molecule has 0 radical (unpaired) electrons. The Morgan fingerprint density at radius 1 is 1.39 bits per heavy atom. The molecular weight excluding hydrogens is 248 g/mol. The maximum absolute atomic E-state index is 9.71. The van der Waals surface area contributed by atoms with E-state index in [1.54, 1.807) is 17.4 Å². The lowest BCUT2D eigenvalue weighted by molar-refractivity contribution is 0.0920. The van der Waals surface area contributed by atoms with Gasteiger partial charge in [0.1, 0.15) is 11.9 Å². The van der Waals surface area contributed by atoms with Crippen molar-refractivity contribution in [2.75, 3.05) is 6.61 Å². The molecule has 0 bridgehead atoms. The molecule has 96 valence electrons. The molecule has 0 spiro atoms. The van der Waals surface area contributed by atoms with Crippen LogP contribution in [0.2, 0.25) is 0 Å². The van der Waals surface area contributed by atoms with Gasteiger partial charge in [-0.2, -0.15) is 0 Å². The lowest BCUT2D eigenvalue weighted by atomic mass is 10.2. The Balaban J connectivity index is 2.42. The molecule has 0 amide bonds. The zero-order chi connectivity index (χ0) is 13.0. The Bertz CT molecular complexity index is 500. The minimum atomic E-state index is -0.942. The molecule has 2 rings (SSSR count). The molecule has 2 aromatic rings. The molecule has 1 atom stereocenters. The lowest BCUT2D eigenvalue weighted by Gasteiger charge is -2.10. The summed E-state index contributed by atoms with van der Waals surface area (Å²) < 4.78 is 0. The quantitative estimate of drug-likeness (QED) is 0.868. The number of aromatic nitrogens is 2. The van der Waals surface area contributed by atoms with Crippen molar-refractivity contribution in [1.29, 1.82) is 0 Å². The van der Waals surface area contributed by atoms with E-state index in [9.17, 15) is 5.11 Å². The summed E-state index contributed by atoms with van der Waals surface area (Å²) >= 11 is 1.60. The van der Waals surface area contributed by atoms with Crippen LogP contribution in [0.1, 0.15) is 31.0 Å². The molecule has 0 aromatic carbocycles. The van der Waals surface area contributed by atoms with Crippen LogP contribution in [0, 0.1) is 0 Å².